The van der Waals surface area contributed by atoms with E-state index < -0.39 is 0 Å². The molecule has 1 heterocycles. The van der Waals surface area contributed by atoms with Gasteiger partial charge >= 0.3 is 0 Å². The van der Waals surface area contributed by atoms with E-state index in [1.165, 1.54) is 31.5 Å². The maximum Gasteiger partial charge on any atom is 0.0452 e. The van der Waals surface area contributed by atoms with Gasteiger partial charge in [-0.2, -0.15) is 0 Å². The monoisotopic (exact) mass is 317 g/mol. The van der Waals surface area contributed by atoms with Crippen molar-refractivity contribution in [1.82, 2.24) is 4.90 Å². The van der Waals surface area contributed by atoms with Gasteiger partial charge in [0.1, 0.15) is 0 Å². The van der Waals surface area contributed by atoms with E-state index in [1.807, 2.05) is 39.8 Å². The first-order valence-electron chi connectivity index (χ1n) is 7.77. The molecule has 1 aromatic carbocycles. The maximum atomic E-state index is 6.18. The minimum Gasteiger partial charge on any atom is -0.306 e. The number of benzene rings is 1. The van der Waals surface area contributed by atoms with Crippen molar-refractivity contribution in [2.75, 3.05) is 20.1 Å². The number of hydrogen-bond donors (Lipinski definition) is 0. The molecule has 1 nitrogen and oxygen atoms in total. The molecule has 1 aliphatic rings. The molecule has 0 amide bonds. The van der Waals surface area contributed by atoms with E-state index in [1.54, 1.807) is 0 Å². The fraction of sp³-hybridized carbons (Fsp3) is 0.647. The molecule has 0 bridgehead atoms. The maximum absolute atomic E-state index is 6.18. The Labute approximate surface area is 135 Å². The van der Waals surface area contributed by atoms with Crippen LogP contribution in [0.3, 0.4) is 0 Å². The lowest BCUT2D eigenvalue weighted by Gasteiger charge is -2.29. The van der Waals surface area contributed by atoms with Crippen molar-refractivity contribution in [3.63, 3.8) is 0 Å². The Hall–Kier alpha value is -0.240. The van der Waals surface area contributed by atoms with Gasteiger partial charge in [-0.05, 0) is 63.0 Å². The molecule has 0 radical (unpaired) electrons. The summed E-state index contributed by atoms with van der Waals surface area (Å²) in [6.45, 7) is 10.4. The lowest BCUT2D eigenvalue weighted by Crippen LogP contribution is -2.30. The van der Waals surface area contributed by atoms with Crippen molar-refractivity contribution < 1.29 is 0 Å². The van der Waals surface area contributed by atoms with Crippen LogP contribution in [0, 0.1) is 5.92 Å². The molecule has 0 N–H and O–H groups in total. The Morgan fingerprint density at radius 3 is 2.10 bits per heavy atom. The molecular formula is C17H29Cl2N. The molecule has 3 heteroatoms. The minimum atomic E-state index is 0.720. The molecule has 0 aromatic heterocycles. The average molecular weight is 318 g/mol. The molecule has 0 spiro atoms. The molecular weight excluding hydrogens is 289 g/mol. The van der Waals surface area contributed by atoms with Gasteiger partial charge < -0.3 is 4.90 Å². The fourth-order valence-electron chi connectivity index (χ4n) is 2.26. The Kier molecular flexibility index (Phi) is 11.3. The Balaban J connectivity index is 0.000000829. The second-order valence-electron chi connectivity index (χ2n) is 4.69. The third-order valence-electron chi connectivity index (χ3n) is 3.36. The van der Waals surface area contributed by atoms with Crippen molar-refractivity contribution in [3.8, 4) is 0 Å². The van der Waals surface area contributed by atoms with Crippen molar-refractivity contribution in [2.24, 2.45) is 5.92 Å². The Morgan fingerprint density at radius 1 is 1.05 bits per heavy atom. The summed E-state index contributed by atoms with van der Waals surface area (Å²) in [4.78, 5) is 2.39. The van der Waals surface area contributed by atoms with Crippen LogP contribution in [-0.2, 0) is 6.42 Å². The zero-order chi connectivity index (χ0) is 15.5. The van der Waals surface area contributed by atoms with Crippen LogP contribution < -0.4 is 0 Å². The van der Waals surface area contributed by atoms with Crippen LogP contribution in [0.25, 0.3) is 0 Å². The quantitative estimate of drug-likeness (QED) is 0.653. The molecule has 0 atom stereocenters. The summed E-state index contributed by atoms with van der Waals surface area (Å²) in [6.07, 6.45) is 3.63. The van der Waals surface area contributed by atoms with Crippen molar-refractivity contribution >= 4 is 23.2 Å². The molecule has 0 saturated carbocycles. The third kappa shape index (κ3) is 6.97. The summed E-state index contributed by atoms with van der Waals surface area (Å²) >= 11 is 12.1. The van der Waals surface area contributed by atoms with Gasteiger partial charge in [-0.1, -0.05) is 57.0 Å². The molecule has 116 valence electrons. The number of hydrogen-bond acceptors (Lipinski definition) is 1. The molecule has 20 heavy (non-hydrogen) atoms. The van der Waals surface area contributed by atoms with E-state index in [-0.39, 0.29) is 0 Å². The van der Waals surface area contributed by atoms with Gasteiger partial charge in [-0.3, -0.25) is 0 Å². The lowest BCUT2D eigenvalue weighted by atomic mass is 9.90. The second-order valence-corrected chi connectivity index (χ2v) is 5.53. The summed E-state index contributed by atoms with van der Waals surface area (Å²) in [5, 5.41) is 1.53. The van der Waals surface area contributed by atoms with Crippen LogP contribution in [0.2, 0.25) is 10.0 Å². The second kappa shape index (κ2) is 11.4. The van der Waals surface area contributed by atoms with E-state index in [4.69, 9.17) is 23.2 Å². The van der Waals surface area contributed by atoms with Gasteiger partial charge in [0.25, 0.3) is 0 Å². The van der Waals surface area contributed by atoms with Crippen LogP contribution in [0.4, 0.5) is 0 Å². The van der Waals surface area contributed by atoms with Crippen LogP contribution >= 0.6 is 23.2 Å². The number of halogens is 2. The van der Waals surface area contributed by atoms with Gasteiger partial charge in [0.2, 0.25) is 0 Å². The first kappa shape index (κ1) is 19.8. The summed E-state index contributed by atoms with van der Waals surface area (Å²) < 4.78 is 0. The normalized spacial score (nSPS) is 15.8. The van der Waals surface area contributed by atoms with Gasteiger partial charge in [-0.25, -0.2) is 0 Å². The topological polar surface area (TPSA) is 3.24 Å². The number of likely N-dealkylation sites (tertiary alicyclic amines) is 1. The van der Waals surface area contributed by atoms with Crippen LogP contribution in [0.15, 0.2) is 18.2 Å². The molecule has 1 aliphatic heterocycles. The van der Waals surface area contributed by atoms with E-state index in [2.05, 4.69) is 18.0 Å². The number of nitrogens with zero attached hydrogens (tertiary/aromatic N) is 1. The SMILES string of the molecule is CC.CC.CN1CCC(Cc2ccc(Cl)cc2Cl)CC1. The fourth-order valence-corrected chi connectivity index (χ4v) is 2.75. The summed E-state index contributed by atoms with van der Waals surface area (Å²) in [6, 6.07) is 5.83. The molecule has 1 aromatic rings. The standard InChI is InChI=1S/C13H17Cl2N.2C2H6/c1-16-6-4-10(5-7-16)8-11-2-3-12(14)9-13(11)15;2*1-2/h2-3,9-10H,4-8H2,1H3;2*1-2H3. The summed E-state index contributed by atoms with van der Waals surface area (Å²) in [7, 11) is 2.19. The molecule has 1 saturated heterocycles. The van der Waals surface area contributed by atoms with E-state index in [9.17, 15) is 0 Å². The lowest BCUT2D eigenvalue weighted by molar-refractivity contribution is 0.219. The predicted octanol–water partition coefficient (Wildman–Crippen LogP) is 5.93. The number of rotatable bonds is 2. The van der Waals surface area contributed by atoms with Crippen molar-refractivity contribution in [1.29, 1.82) is 0 Å². The Bertz CT molecular complexity index is 358. The highest BCUT2D eigenvalue weighted by atomic mass is 35.5. The van der Waals surface area contributed by atoms with Crippen molar-refractivity contribution in [2.45, 2.75) is 47.0 Å². The third-order valence-corrected chi connectivity index (χ3v) is 3.95. The first-order chi connectivity index (χ1) is 9.65. The molecule has 0 aliphatic carbocycles. The molecule has 0 unspecified atom stereocenters. The van der Waals surface area contributed by atoms with Gasteiger partial charge in [0.15, 0.2) is 0 Å². The molecule has 2 rings (SSSR count). The van der Waals surface area contributed by atoms with E-state index >= 15 is 0 Å². The van der Waals surface area contributed by atoms with Gasteiger partial charge in [0, 0.05) is 10.0 Å². The summed E-state index contributed by atoms with van der Waals surface area (Å²) in [5.74, 6) is 0.773. The smallest absolute Gasteiger partial charge is 0.0452 e. The van der Waals surface area contributed by atoms with E-state index in [0.717, 1.165) is 22.4 Å². The zero-order valence-corrected chi connectivity index (χ0v) is 15.1. The highest BCUT2D eigenvalue weighted by Crippen LogP contribution is 2.27. The average Bonchev–Trinajstić information content (AvgIpc) is 2.48. The van der Waals surface area contributed by atoms with Crippen molar-refractivity contribution in [3.05, 3.63) is 33.8 Å². The minimum absolute atomic E-state index is 0.720. The van der Waals surface area contributed by atoms with Crippen LogP contribution in [-0.4, -0.2) is 25.0 Å². The highest BCUT2D eigenvalue weighted by molar-refractivity contribution is 6.35. The predicted molar refractivity (Wildman–Crippen MR) is 93.1 cm³/mol. The summed E-state index contributed by atoms with van der Waals surface area (Å²) in [5.41, 5.74) is 1.24. The van der Waals surface area contributed by atoms with Gasteiger partial charge in [-0.15, -0.1) is 0 Å². The Morgan fingerprint density at radius 2 is 1.60 bits per heavy atom. The van der Waals surface area contributed by atoms with Crippen LogP contribution in [0.1, 0.15) is 46.1 Å². The zero-order valence-electron chi connectivity index (χ0n) is 13.5. The van der Waals surface area contributed by atoms with Gasteiger partial charge in [0.05, 0.1) is 0 Å². The number of piperidine rings is 1. The highest BCUT2D eigenvalue weighted by Gasteiger charge is 2.17. The first-order valence-corrected chi connectivity index (χ1v) is 8.53. The largest absolute Gasteiger partial charge is 0.306 e. The van der Waals surface area contributed by atoms with Crippen LogP contribution in [0.5, 0.6) is 0 Å². The molecule has 1 fully saturated rings. The van der Waals surface area contributed by atoms with E-state index in [0.29, 0.717) is 0 Å².